The van der Waals surface area contributed by atoms with Crippen molar-refractivity contribution in [1.82, 2.24) is 0 Å². The van der Waals surface area contributed by atoms with E-state index in [0.29, 0.717) is 28.7 Å². The molecule has 2 N–H and O–H groups in total. The molecule has 9 rings (SSSR count). The first-order chi connectivity index (χ1) is 41.7. The maximum absolute atomic E-state index is 14.3. The number of phenolic OH excluding ortho intramolecular Hbond substituents is 1. The molecule has 7 aromatic rings. The molecule has 15 heteroatoms. The van der Waals surface area contributed by atoms with Crippen LogP contribution in [0.15, 0.2) is 188 Å². The molecule has 0 amide bonds. The highest BCUT2D eigenvalue weighted by Crippen LogP contribution is 2.45. The number of phenols is 1. The zero-order chi connectivity index (χ0) is 62.9. The molecule has 87 heavy (non-hydrogen) atoms. The van der Waals surface area contributed by atoms with Crippen molar-refractivity contribution in [3.05, 3.63) is 245 Å². The van der Waals surface area contributed by atoms with Gasteiger partial charge in [0.05, 0.1) is 43.4 Å². The lowest BCUT2D eigenvalue weighted by molar-refractivity contribution is -0.156. The maximum Gasteiger partial charge on any atom is 0.362 e. The van der Waals surface area contributed by atoms with Gasteiger partial charge in [0, 0.05) is 28.2 Å². The summed E-state index contributed by atoms with van der Waals surface area (Å²) in [6.07, 6.45) is 0.534. The first kappa shape index (κ1) is 64.7. The minimum Gasteiger partial charge on any atom is -0.508 e. The Labute approximate surface area is 505 Å². The van der Waals surface area contributed by atoms with E-state index in [2.05, 4.69) is 11.7 Å². The molecule has 0 spiro atoms. The smallest absolute Gasteiger partial charge is 0.362 e. The number of hydrogen-bond acceptors (Lipinski definition) is 14. The van der Waals surface area contributed by atoms with Crippen molar-refractivity contribution >= 4 is 58.9 Å². The molecular weight excluding hydrogens is 1100 g/mol. The molecule has 9 atom stereocenters. The quantitative estimate of drug-likeness (QED) is 0.0211. The summed E-state index contributed by atoms with van der Waals surface area (Å²) in [6.45, 7) is 13.0. The molecule has 0 bridgehead atoms. The second-order valence-electron chi connectivity index (χ2n) is 21.8. The number of carbonyl (C=O) groups is 10. The Morgan fingerprint density at radius 1 is 0.494 bits per heavy atom. The van der Waals surface area contributed by atoms with Crippen molar-refractivity contribution in [2.45, 2.75) is 84.5 Å². The predicted octanol–water partition coefficient (Wildman–Crippen LogP) is 12.9. The van der Waals surface area contributed by atoms with Crippen LogP contribution in [0, 0.1) is 56.3 Å². The van der Waals surface area contributed by atoms with E-state index in [-0.39, 0.29) is 59.6 Å². The van der Waals surface area contributed by atoms with Crippen LogP contribution in [-0.2, 0) is 38.2 Å². The van der Waals surface area contributed by atoms with Gasteiger partial charge in [-0.2, -0.15) is 0 Å². The molecule has 446 valence electrons. The average molecular weight is 1170 g/mol. The lowest BCUT2D eigenvalue weighted by Crippen LogP contribution is -2.39. The molecule has 7 aromatic carbocycles. The van der Waals surface area contributed by atoms with E-state index in [4.69, 9.17) is 14.6 Å². The Morgan fingerprint density at radius 3 is 1.26 bits per heavy atom. The number of hydrogen-bond donors (Lipinski definition) is 2. The number of ketones is 4. The number of aryl methyl sites for hydroxylation is 2. The number of rotatable bonds is 22. The topological polar surface area (TPSA) is 239 Å². The third-order valence-corrected chi connectivity index (χ3v) is 16.0. The SMILES string of the molecule is CCC(c1ccccc1)C(C(=O)Oc1ccc(C(=O)CC(=O)c2ccc(C)cc2)cc1)C(CC(c1ccccc1)C1C(=O)OC(=O)C1C)C(=O)O.Cc1ccc(C(=O)CC(=O)c2ccc(O)cc2)cc1.[CH2+]C1C(=O)OC(=O)C1C(CC)c1ccccc1. The maximum atomic E-state index is 14.3. The molecule has 0 aliphatic carbocycles. The number of benzene rings is 7. The zero-order valence-electron chi connectivity index (χ0n) is 49.0. The van der Waals surface area contributed by atoms with Crippen LogP contribution < -0.4 is 4.74 Å². The molecule has 15 nitrogen and oxygen atoms in total. The Bertz CT molecular complexity index is 3510. The summed E-state index contributed by atoms with van der Waals surface area (Å²) in [7, 11) is 0. The van der Waals surface area contributed by atoms with Gasteiger partial charge in [0.25, 0.3) is 0 Å². The highest BCUT2D eigenvalue weighted by molar-refractivity contribution is 6.14. The Hall–Kier alpha value is -9.89. The summed E-state index contributed by atoms with van der Waals surface area (Å²) < 4.78 is 15.5. The van der Waals surface area contributed by atoms with Gasteiger partial charge in [-0.3, -0.25) is 43.2 Å². The van der Waals surface area contributed by atoms with Crippen molar-refractivity contribution in [3.8, 4) is 11.5 Å². The average Bonchev–Trinajstić information content (AvgIpc) is 2.26. The third kappa shape index (κ3) is 16.7. The summed E-state index contributed by atoms with van der Waals surface area (Å²) in [5.74, 6) is -12.0. The third-order valence-electron chi connectivity index (χ3n) is 16.0. The number of carboxylic acid groups (broad SMARTS) is 1. The lowest BCUT2D eigenvalue weighted by atomic mass is 9.69. The number of Topliss-reactive ketones (excluding diaryl/α,β-unsaturated/α-hetero) is 4. The van der Waals surface area contributed by atoms with Gasteiger partial charge in [-0.05, 0) is 110 Å². The molecule has 0 radical (unpaired) electrons. The Balaban J connectivity index is 0.000000242. The standard InChI is InChI=1S/C42H40O9.C16H14O3.C14H15O3/c1-4-32(27-11-7-5-8-12-27)38(34(39(45)46)23-33(28-13-9-6-10-14-28)37-26(3)40(47)51-41(37)48)42(49)50-31-21-19-30(20-22-31)36(44)24-35(43)29-17-15-25(2)16-18-29;1-11-2-4-12(5-3-11)15(18)10-16(19)13-6-8-14(17)9-7-13;1-3-11(10-7-5-4-6-8-10)12-9(2)13(15)17-14(12)16/h5-22,26,32-34,37-38H,4,23-24H2,1-3H3,(H,45,46);2-9,17H,10H2,1H3;4-9,11-12H,2-3H2,1H3/q;;+1. The molecule has 2 heterocycles. The molecular formula is C72H69O15+. The molecule has 2 fully saturated rings. The second kappa shape index (κ2) is 30.3. The molecule has 2 aliphatic heterocycles. The van der Waals surface area contributed by atoms with E-state index in [1.165, 1.54) is 48.5 Å². The van der Waals surface area contributed by atoms with Crippen LogP contribution in [0.25, 0.3) is 0 Å². The van der Waals surface area contributed by atoms with E-state index in [9.17, 15) is 53.1 Å². The summed E-state index contributed by atoms with van der Waals surface area (Å²) in [5, 5.41) is 19.9. The van der Waals surface area contributed by atoms with Crippen molar-refractivity contribution < 1.29 is 72.4 Å². The fourth-order valence-corrected chi connectivity index (χ4v) is 11.1. The van der Waals surface area contributed by atoms with E-state index in [0.717, 1.165) is 28.7 Å². The van der Waals surface area contributed by atoms with Crippen LogP contribution in [0.3, 0.4) is 0 Å². The second-order valence-corrected chi connectivity index (χ2v) is 21.8. The number of aliphatic carboxylic acids is 1. The fraction of sp³-hybridized carbons (Fsp3) is 0.264. The van der Waals surface area contributed by atoms with Gasteiger partial charge in [-0.25, -0.2) is 4.79 Å². The van der Waals surface area contributed by atoms with Crippen LogP contribution in [0.2, 0.25) is 0 Å². The molecule has 9 unspecified atom stereocenters. The van der Waals surface area contributed by atoms with Gasteiger partial charge >= 0.3 is 35.8 Å². The summed E-state index contributed by atoms with van der Waals surface area (Å²) in [6, 6.07) is 53.5. The number of carboxylic acids is 1. The molecule has 0 saturated carbocycles. The summed E-state index contributed by atoms with van der Waals surface area (Å²) >= 11 is 0. The van der Waals surface area contributed by atoms with Gasteiger partial charge in [0.2, 0.25) is 5.92 Å². The summed E-state index contributed by atoms with van der Waals surface area (Å²) in [4.78, 5) is 125. The first-order valence-corrected chi connectivity index (χ1v) is 28.8. The fourth-order valence-electron chi connectivity index (χ4n) is 11.1. The van der Waals surface area contributed by atoms with Gasteiger partial charge in [-0.1, -0.05) is 171 Å². The van der Waals surface area contributed by atoms with E-state index in [1.54, 1.807) is 73.7 Å². The number of carbonyl (C=O) groups excluding carboxylic acids is 9. The van der Waals surface area contributed by atoms with E-state index >= 15 is 0 Å². The largest absolute Gasteiger partial charge is 0.508 e. The first-order valence-electron chi connectivity index (χ1n) is 28.8. The highest BCUT2D eigenvalue weighted by Gasteiger charge is 2.51. The molecule has 0 aromatic heterocycles. The van der Waals surface area contributed by atoms with Gasteiger partial charge in [0.15, 0.2) is 23.1 Å². The summed E-state index contributed by atoms with van der Waals surface area (Å²) in [5.41, 5.74) is 6.17. The Morgan fingerprint density at radius 2 is 0.885 bits per heavy atom. The highest BCUT2D eigenvalue weighted by atomic mass is 16.6. The number of esters is 5. The molecule has 2 saturated heterocycles. The van der Waals surface area contributed by atoms with E-state index < -0.39 is 88.9 Å². The van der Waals surface area contributed by atoms with Crippen molar-refractivity contribution in [3.63, 3.8) is 0 Å². The van der Waals surface area contributed by atoms with Crippen LogP contribution in [0.5, 0.6) is 11.5 Å². The van der Waals surface area contributed by atoms with E-state index in [1.807, 2.05) is 100 Å². The normalized spacial score (nSPS) is 17.7. The zero-order valence-corrected chi connectivity index (χ0v) is 49.0. The lowest BCUT2D eigenvalue weighted by Gasteiger charge is -2.33. The van der Waals surface area contributed by atoms with Crippen molar-refractivity contribution in [2.75, 3.05) is 0 Å². The van der Waals surface area contributed by atoms with Gasteiger partial charge < -0.3 is 24.4 Å². The van der Waals surface area contributed by atoms with Crippen LogP contribution in [0.4, 0.5) is 0 Å². The van der Waals surface area contributed by atoms with Crippen LogP contribution >= 0.6 is 0 Å². The molecule has 2 aliphatic rings. The number of cyclic esters (lactones) is 4. The minimum atomic E-state index is -1.34. The van der Waals surface area contributed by atoms with Gasteiger partial charge in [-0.15, -0.1) is 0 Å². The van der Waals surface area contributed by atoms with Gasteiger partial charge in [0.1, 0.15) is 17.4 Å². The number of aromatic hydroxyl groups is 1. The number of ether oxygens (including phenoxy) is 3. The van der Waals surface area contributed by atoms with Crippen molar-refractivity contribution in [2.24, 2.45) is 35.5 Å². The monoisotopic (exact) mass is 1170 g/mol. The predicted molar refractivity (Wildman–Crippen MR) is 324 cm³/mol. The minimum absolute atomic E-state index is 0.00218. The van der Waals surface area contributed by atoms with Crippen LogP contribution in [0.1, 0.15) is 140 Å². The van der Waals surface area contributed by atoms with Crippen molar-refractivity contribution in [1.29, 1.82) is 0 Å². The van der Waals surface area contributed by atoms with Crippen LogP contribution in [-0.4, -0.2) is 69.2 Å². The Kier molecular flexibility index (Phi) is 22.5.